The van der Waals surface area contributed by atoms with Gasteiger partial charge in [0.15, 0.2) is 0 Å². The summed E-state index contributed by atoms with van der Waals surface area (Å²) in [6, 6.07) is 20.8. The predicted octanol–water partition coefficient (Wildman–Crippen LogP) is 7.29. The van der Waals surface area contributed by atoms with E-state index in [1.807, 2.05) is 36.4 Å². The van der Waals surface area contributed by atoms with Gasteiger partial charge in [0.25, 0.3) is 0 Å². The predicted molar refractivity (Wildman–Crippen MR) is 124 cm³/mol. The fraction of sp³-hybridized carbons (Fsp3) is 0.250. The maximum atomic E-state index is 13.2. The molecule has 0 bridgehead atoms. The van der Waals surface area contributed by atoms with Gasteiger partial charge in [0, 0.05) is 29.2 Å². The Balaban J connectivity index is 1.55. The second-order valence-corrected chi connectivity index (χ2v) is 8.87. The number of hydrogen-bond donors (Lipinski definition) is 1. The SMILES string of the molecule is Fc1ccc(CNC2CCN(c3ccc(Cl)cc3Cl)C(c3ccc(Cl)cc3)C2)cc1. The number of hydrogen-bond acceptors (Lipinski definition) is 2. The zero-order valence-corrected chi connectivity index (χ0v) is 18.6. The minimum atomic E-state index is -0.213. The van der Waals surface area contributed by atoms with Crippen LogP contribution in [0, 0.1) is 5.82 Å². The molecule has 156 valence electrons. The highest BCUT2D eigenvalue weighted by atomic mass is 35.5. The molecule has 0 amide bonds. The Kier molecular flexibility index (Phi) is 6.84. The van der Waals surface area contributed by atoms with Crippen LogP contribution in [-0.4, -0.2) is 12.6 Å². The first-order valence-corrected chi connectivity index (χ1v) is 11.1. The van der Waals surface area contributed by atoms with Crippen LogP contribution in [0.15, 0.2) is 66.7 Å². The molecule has 1 aliphatic heterocycles. The summed E-state index contributed by atoms with van der Waals surface area (Å²) >= 11 is 18.8. The Morgan fingerprint density at radius 1 is 0.900 bits per heavy atom. The van der Waals surface area contributed by atoms with Crippen molar-refractivity contribution in [3.8, 4) is 0 Å². The summed E-state index contributed by atoms with van der Waals surface area (Å²) in [5.41, 5.74) is 3.25. The van der Waals surface area contributed by atoms with Crippen LogP contribution in [0.1, 0.15) is 30.0 Å². The summed E-state index contributed by atoms with van der Waals surface area (Å²) in [4.78, 5) is 2.35. The number of benzene rings is 3. The topological polar surface area (TPSA) is 15.3 Å². The van der Waals surface area contributed by atoms with Gasteiger partial charge in [-0.25, -0.2) is 4.39 Å². The molecule has 1 saturated heterocycles. The minimum Gasteiger partial charge on any atom is -0.363 e. The van der Waals surface area contributed by atoms with Crippen molar-refractivity contribution in [1.82, 2.24) is 5.32 Å². The molecule has 0 spiro atoms. The number of nitrogens with zero attached hydrogens (tertiary/aromatic N) is 1. The lowest BCUT2D eigenvalue weighted by Crippen LogP contribution is -2.44. The first-order valence-electron chi connectivity index (χ1n) is 9.94. The van der Waals surface area contributed by atoms with Crippen LogP contribution < -0.4 is 10.2 Å². The van der Waals surface area contributed by atoms with Gasteiger partial charge < -0.3 is 10.2 Å². The van der Waals surface area contributed by atoms with Crippen molar-refractivity contribution in [3.05, 3.63) is 98.7 Å². The van der Waals surface area contributed by atoms with Gasteiger partial charge in [-0.05, 0) is 66.4 Å². The van der Waals surface area contributed by atoms with Crippen molar-refractivity contribution in [3.63, 3.8) is 0 Å². The Morgan fingerprint density at radius 2 is 1.60 bits per heavy atom. The van der Waals surface area contributed by atoms with Crippen molar-refractivity contribution < 1.29 is 4.39 Å². The third kappa shape index (κ3) is 5.09. The molecule has 0 aliphatic carbocycles. The highest BCUT2D eigenvalue weighted by molar-refractivity contribution is 6.36. The molecule has 0 aromatic heterocycles. The molecule has 2 nitrogen and oxygen atoms in total. The van der Waals surface area contributed by atoms with Crippen molar-refractivity contribution in [2.75, 3.05) is 11.4 Å². The fourth-order valence-electron chi connectivity index (χ4n) is 4.02. The molecule has 30 heavy (non-hydrogen) atoms. The number of nitrogens with one attached hydrogen (secondary N) is 1. The number of halogens is 4. The van der Waals surface area contributed by atoms with Gasteiger partial charge >= 0.3 is 0 Å². The van der Waals surface area contributed by atoms with Crippen LogP contribution in [0.2, 0.25) is 15.1 Å². The third-order valence-electron chi connectivity index (χ3n) is 5.58. The van der Waals surface area contributed by atoms with Crippen LogP contribution in [0.5, 0.6) is 0 Å². The van der Waals surface area contributed by atoms with E-state index in [0.29, 0.717) is 22.6 Å². The molecule has 2 atom stereocenters. The zero-order valence-electron chi connectivity index (χ0n) is 16.3. The molecule has 6 heteroatoms. The lowest BCUT2D eigenvalue weighted by molar-refractivity contribution is 0.359. The van der Waals surface area contributed by atoms with Crippen LogP contribution in [0.3, 0.4) is 0 Å². The van der Waals surface area contributed by atoms with E-state index in [1.165, 1.54) is 17.7 Å². The number of rotatable bonds is 5. The maximum absolute atomic E-state index is 13.2. The van der Waals surface area contributed by atoms with E-state index in [1.54, 1.807) is 6.07 Å². The van der Waals surface area contributed by atoms with Gasteiger partial charge in [-0.15, -0.1) is 0 Å². The lowest BCUT2D eigenvalue weighted by Gasteiger charge is -2.42. The lowest BCUT2D eigenvalue weighted by atomic mass is 9.91. The number of piperidine rings is 1. The molecule has 1 fully saturated rings. The highest BCUT2D eigenvalue weighted by Gasteiger charge is 2.30. The van der Waals surface area contributed by atoms with Crippen LogP contribution in [0.25, 0.3) is 0 Å². The molecule has 0 radical (unpaired) electrons. The van der Waals surface area contributed by atoms with E-state index in [2.05, 4.69) is 22.3 Å². The van der Waals surface area contributed by atoms with E-state index in [4.69, 9.17) is 34.8 Å². The van der Waals surface area contributed by atoms with Crippen LogP contribution >= 0.6 is 34.8 Å². The van der Waals surface area contributed by atoms with Crippen LogP contribution in [0.4, 0.5) is 10.1 Å². The first kappa shape index (κ1) is 21.5. The molecule has 0 saturated carbocycles. The van der Waals surface area contributed by atoms with E-state index < -0.39 is 0 Å². The Labute approximate surface area is 191 Å². The molecule has 3 aromatic rings. The standard InChI is InChI=1S/C24H22Cl3FN2/c25-18-5-3-17(4-6-18)24-14-21(29-15-16-1-8-20(28)9-2-16)11-12-30(24)23-10-7-19(26)13-22(23)27/h1-10,13,21,24,29H,11-12,14-15H2. The fourth-order valence-corrected chi connectivity index (χ4v) is 4.66. The second kappa shape index (κ2) is 9.57. The van der Waals surface area contributed by atoms with E-state index in [9.17, 15) is 4.39 Å². The van der Waals surface area contributed by atoms with Gasteiger partial charge in [0.1, 0.15) is 5.82 Å². The Bertz CT molecular complexity index is 992. The summed E-state index contributed by atoms with van der Waals surface area (Å²) < 4.78 is 13.2. The maximum Gasteiger partial charge on any atom is 0.123 e. The minimum absolute atomic E-state index is 0.153. The van der Waals surface area contributed by atoms with Crippen LogP contribution in [-0.2, 0) is 6.54 Å². The summed E-state index contributed by atoms with van der Waals surface area (Å²) in [5.74, 6) is -0.213. The molecule has 1 aliphatic rings. The van der Waals surface area contributed by atoms with Gasteiger partial charge in [-0.2, -0.15) is 0 Å². The molecule has 3 aromatic carbocycles. The normalized spacial score (nSPS) is 19.1. The average Bonchev–Trinajstić information content (AvgIpc) is 2.74. The Morgan fingerprint density at radius 3 is 2.30 bits per heavy atom. The molecule has 1 heterocycles. The molecule has 4 rings (SSSR count). The third-order valence-corrected chi connectivity index (χ3v) is 6.37. The summed E-state index contributed by atoms with van der Waals surface area (Å²) in [6.45, 7) is 1.57. The summed E-state index contributed by atoms with van der Waals surface area (Å²) in [6.07, 6.45) is 1.89. The molecule has 2 unspecified atom stereocenters. The van der Waals surface area contributed by atoms with Gasteiger partial charge in [-0.3, -0.25) is 0 Å². The highest BCUT2D eigenvalue weighted by Crippen LogP contribution is 2.39. The second-order valence-electron chi connectivity index (χ2n) is 7.59. The molecule has 1 N–H and O–H groups in total. The average molecular weight is 464 g/mol. The van der Waals surface area contributed by atoms with Gasteiger partial charge in [0.05, 0.1) is 16.8 Å². The quantitative estimate of drug-likeness (QED) is 0.427. The first-order chi connectivity index (χ1) is 14.5. The van der Waals surface area contributed by atoms with Crippen molar-refractivity contribution in [1.29, 1.82) is 0 Å². The largest absolute Gasteiger partial charge is 0.363 e. The van der Waals surface area contributed by atoms with Crippen molar-refractivity contribution in [2.24, 2.45) is 0 Å². The van der Waals surface area contributed by atoms with E-state index in [0.717, 1.165) is 35.7 Å². The van der Waals surface area contributed by atoms with Gasteiger partial charge in [-0.1, -0.05) is 59.1 Å². The zero-order chi connectivity index (χ0) is 21.1. The van der Waals surface area contributed by atoms with E-state index in [-0.39, 0.29) is 11.9 Å². The summed E-state index contributed by atoms with van der Waals surface area (Å²) in [7, 11) is 0. The van der Waals surface area contributed by atoms with Crippen molar-refractivity contribution >= 4 is 40.5 Å². The Hall–Kier alpha value is -1.78. The monoisotopic (exact) mass is 462 g/mol. The molecular weight excluding hydrogens is 442 g/mol. The summed E-state index contributed by atoms with van der Waals surface area (Å²) in [5, 5.41) is 5.63. The van der Waals surface area contributed by atoms with E-state index >= 15 is 0 Å². The van der Waals surface area contributed by atoms with Gasteiger partial charge in [0.2, 0.25) is 0 Å². The van der Waals surface area contributed by atoms with Crippen molar-refractivity contribution in [2.45, 2.75) is 31.5 Å². The number of anilines is 1. The smallest absolute Gasteiger partial charge is 0.123 e. The molecular formula is C24H22Cl3FN2.